The molecule has 0 bridgehead atoms. The average molecular weight is 304 g/mol. The van der Waals surface area contributed by atoms with Crippen LogP contribution in [0.15, 0.2) is 12.1 Å². The third-order valence-corrected chi connectivity index (χ3v) is 4.07. The molecule has 0 spiro atoms. The zero-order chi connectivity index (χ0) is 16.5. The van der Waals surface area contributed by atoms with Gasteiger partial charge in [0.05, 0.1) is 11.9 Å². The summed E-state index contributed by atoms with van der Waals surface area (Å²) in [6.07, 6.45) is 10.1. The Labute approximate surface area is 132 Å². The summed E-state index contributed by atoms with van der Waals surface area (Å²) < 4.78 is 0. The van der Waals surface area contributed by atoms with Crippen LogP contribution >= 0.6 is 0 Å². The van der Waals surface area contributed by atoms with Gasteiger partial charge in [-0.15, -0.1) is 0 Å². The normalized spacial score (nSPS) is 13.9. The van der Waals surface area contributed by atoms with Crippen LogP contribution in [0.2, 0.25) is 0 Å². The Hall–Kier alpha value is -1.84. The molecule has 22 heavy (non-hydrogen) atoms. The number of benzene rings is 1. The predicted molar refractivity (Wildman–Crippen MR) is 81.6 cm³/mol. The Balaban J connectivity index is 0.000000335. The molecule has 0 aliphatic heterocycles. The molecule has 1 saturated carbocycles. The van der Waals surface area contributed by atoms with Gasteiger partial charge >= 0.3 is 0 Å². The van der Waals surface area contributed by atoms with E-state index in [1.165, 1.54) is 44.6 Å². The van der Waals surface area contributed by atoms with Gasteiger partial charge in [-0.1, -0.05) is 64.5 Å². The van der Waals surface area contributed by atoms with Crippen molar-refractivity contribution < 1.29 is 19.8 Å². The molecule has 1 fully saturated rings. The lowest BCUT2D eigenvalue weighted by Crippen LogP contribution is -2.31. The third kappa shape index (κ3) is 4.86. The first-order chi connectivity index (χ1) is 10.5. The van der Waals surface area contributed by atoms with Crippen molar-refractivity contribution >= 4 is 11.9 Å². The maximum Gasteiger partial charge on any atom is 0.0724 e. The van der Waals surface area contributed by atoms with E-state index < -0.39 is 11.9 Å². The van der Waals surface area contributed by atoms with Crippen LogP contribution in [-0.4, -0.2) is 11.9 Å². The lowest BCUT2D eigenvalue weighted by atomic mass is 9.93. The minimum Gasteiger partial charge on any atom is -0.545 e. The Kier molecular flexibility index (Phi) is 7.64. The molecule has 0 N–H and O–H groups in total. The van der Waals surface area contributed by atoms with E-state index in [9.17, 15) is 19.8 Å². The number of carboxylic acid groups (broad SMARTS) is 2. The molecule has 0 unspecified atom stereocenters. The summed E-state index contributed by atoms with van der Waals surface area (Å²) in [7, 11) is 0. The van der Waals surface area contributed by atoms with Crippen molar-refractivity contribution in [3.05, 3.63) is 34.4 Å². The van der Waals surface area contributed by atoms with Crippen molar-refractivity contribution in [1.82, 2.24) is 0 Å². The van der Waals surface area contributed by atoms with Crippen molar-refractivity contribution in [2.75, 3.05) is 0 Å². The maximum absolute atomic E-state index is 11.0. The van der Waals surface area contributed by atoms with Crippen molar-refractivity contribution in [3.63, 3.8) is 0 Å². The van der Waals surface area contributed by atoms with Crippen LogP contribution in [0.5, 0.6) is 0 Å². The standard InChI is InChI=1S/C12H14O4.C6H12/c1-3-7-5-6-9(11(13)14)10(12(15)16)8(7)4-2;1-2-4-6-5-3-1/h5-6H,3-4H2,1-2H3,(H,13,14)(H,15,16);1-6H2/p-2. The molecule has 1 aliphatic carbocycles. The van der Waals surface area contributed by atoms with E-state index in [1.807, 2.05) is 6.92 Å². The van der Waals surface area contributed by atoms with Gasteiger partial charge in [0.1, 0.15) is 0 Å². The molecule has 0 heterocycles. The fourth-order valence-corrected chi connectivity index (χ4v) is 2.89. The molecule has 0 atom stereocenters. The van der Waals surface area contributed by atoms with Gasteiger partial charge in [-0.25, -0.2) is 0 Å². The molecule has 1 aromatic carbocycles. The number of carbonyl (C=O) groups excluding carboxylic acids is 2. The predicted octanol–water partition coefficient (Wildman–Crippen LogP) is 1.88. The summed E-state index contributed by atoms with van der Waals surface area (Å²) in [5.74, 6) is -2.96. The summed E-state index contributed by atoms with van der Waals surface area (Å²) in [6, 6.07) is 2.88. The lowest BCUT2D eigenvalue weighted by Gasteiger charge is -2.18. The van der Waals surface area contributed by atoms with Gasteiger partial charge in [-0.05, 0) is 24.0 Å². The molecule has 4 heteroatoms. The molecular formula is C18H24O4-2. The molecule has 1 aliphatic rings. The SMILES string of the molecule is C1CCCCC1.CCc1ccc(C(=O)[O-])c(C(=O)[O-])c1CC. The van der Waals surface area contributed by atoms with Gasteiger partial charge in [0.2, 0.25) is 0 Å². The van der Waals surface area contributed by atoms with Crippen LogP contribution in [0.1, 0.15) is 84.2 Å². The van der Waals surface area contributed by atoms with Crippen molar-refractivity contribution in [1.29, 1.82) is 0 Å². The minimum absolute atomic E-state index is 0.248. The van der Waals surface area contributed by atoms with Gasteiger partial charge in [0.25, 0.3) is 0 Å². The molecule has 1 aromatic rings. The first-order valence-electron chi connectivity index (χ1n) is 8.10. The summed E-state index contributed by atoms with van der Waals surface area (Å²) in [4.78, 5) is 21.8. The fraction of sp³-hybridized carbons (Fsp3) is 0.556. The number of rotatable bonds is 4. The number of aryl methyl sites for hydroxylation is 1. The molecule has 0 aromatic heterocycles. The topological polar surface area (TPSA) is 80.3 Å². The molecule has 122 valence electrons. The highest BCUT2D eigenvalue weighted by molar-refractivity contribution is 6.01. The lowest BCUT2D eigenvalue weighted by molar-refractivity contribution is -0.259. The van der Waals surface area contributed by atoms with E-state index in [1.54, 1.807) is 13.0 Å². The van der Waals surface area contributed by atoms with Crippen LogP contribution in [0.4, 0.5) is 0 Å². The molecule has 0 radical (unpaired) electrons. The van der Waals surface area contributed by atoms with Gasteiger partial charge in [-0.2, -0.15) is 0 Å². The summed E-state index contributed by atoms with van der Waals surface area (Å²) in [6.45, 7) is 3.66. The second-order valence-electron chi connectivity index (χ2n) is 5.53. The van der Waals surface area contributed by atoms with Gasteiger partial charge in [0, 0.05) is 11.1 Å². The first kappa shape index (κ1) is 18.2. The largest absolute Gasteiger partial charge is 0.545 e. The van der Waals surface area contributed by atoms with Crippen molar-refractivity contribution in [2.24, 2.45) is 0 Å². The molecular weight excluding hydrogens is 280 g/mol. The van der Waals surface area contributed by atoms with Gasteiger partial charge in [-0.3, -0.25) is 0 Å². The highest BCUT2D eigenvalue weighted by Crippen LogP contribution is 2.20. The van der Waals surface area contributed by atoms with Crippen LogP contribution in [-0.2, 0) is 12.8 Å². The summed E-state index contributed by atoms with van der Waals surface area (Å²) in [5, 5.41) is 21.8. The highest BCUT2D eigenvalue weighted by Gasteiger charge is 2.12. The number of carboxylic acids is 2. The van der Waals surface area contributed by atoms with E-state index in [-0.39, 0.29) is 11.1 Å². The molecule has 0 amide bonds. The Morgan fingerprint density at radius 3 is 1.68 bits per heavy atom. The highest BCUT2D eigenvalue weighted by atomic mass is 16.4. The number of aromatic carboxylic acids is 2. The van der Waals surface area contributed by atoms with Gasteiger partial charge in [0.15, 0.2) is 0 Å². The summed E-state index contributed by atoms with van der Waals surface area (Å²) in [5.41, 5.74) is 0.784. The van der Waals surface area contributed by atoms with Gasteiger partial charge < -0.3 is 19.8 Å². The molecule has 2 rings (SSSR count). The Morgan fingerprint density at radius 1 is 0.864 bits per heavy atom. The maximum atomic E-state index is 11.0. The van der Waals surface area contributed by atoms with Crippen molar-refractivity contribution in [2.45, 2.75) is 65.2 Å². The average Bonchev–Trinajstić information content (AvgIpc) is 2.55. The second kappa shape index (κ2) is 9.23. The number of hydrogen-bond donors (Lipinski definition) is 0. The zero-order valence-electron chi connectivity index (χ0n) is 13.4. The van der Waals surface area contributed by atoms with Crippen LogP contribution < -0.4 is 10.2 Å². The zero-order valence-corrected chi connectivity index (χ0v) is 13.4. The van der Waals surface area contributed by atoms with E-state index in [0.717, 1.165) is 5.56 Å². The Bertz CT molecular complexity index is 505. The summed E-state index contributed by atoms with van der Waals surface area (Å²) >= 11 is 0. The number of hydrogen-bond acceptors (Lipinski definition) is 4. The van der Waals surface area contributed by atoms with E-state index in [4.69, 9.17) is 0 Å². The quantitative estimate of drug-likeness (QED) is 0.850. The van der Waals surface area contributed by atoms with E-state index >= 15 is 0 Å². The van der Waals surface area contributed by atoms with Crippen molar-refractivity contribution in [3.8, 4) is 0 Å². The molecule has 4 nitrogen and oxygen atoms in total. The second-order valence-corrected chi connectivity index (χ2v) is 5.53. The van der Waals surface area contributed by atoms with E-state index in [2.05, 4.69) is 0 Å². The van der Waals surface area contributed by atoms with E-state index in [0.29, 0.717) is 18.4 Å². The minimum atomic E-state index is -1.49. The monoisotopic (exact) mass is 304 g/mol. The fourth-order valence-electron chi connectivity index (χ4n) is 2.89. The molecule has 0 saturated heterocycles. The van der Waals surface area contributed by atoms with Crippen LogP contribution in [0, 0.1) is 0 Å². The first-order valence-corrected chi connectivity index (χ1v) is 8.10. The van der Waals surface area contributed by atoms with Crippen LogP contribution in [0.25, 0.3) is 0 Å². The smallest absolute Gasteiger partial charge is 0.0724 e. The Morgan fingerprint density at radius 2 is 1.36 bits per heavy atom. The third-order valence-electron chi connectivity index (χ3n) is 4.07. The number of carbonyl (C=O) groups is 2. The van der Waals surface area contributed by atoms with Crippen LogP contribution in [0.3, 0.4) is 0 Å².